The molecule has 0 aromatic heterocycles. The van der Waals surface area contributed by atoms with E-state index in [4.69, 9.17) is 0 Å². The van der Waals surface area contributed by atoms with Crippen molar-refractivity contribution in [2.45, 2.75) is 49.9 Å². The molecule has 3 rings (SSSR count). The van der Waals surface area contributed by atoms with Crippen LogP contribution in [-0.2, 0) is 10.2 Å². The van der Waals surface area contributed by atoms with Gasteiger partial charge in [-0.15, -0.1) is 0 Å². The number of halogens is 1. The van der Waals surface area contributed by atoms with Gasteiger partial charge >= 0.3 is 5.97 Å². The Morgan fingerprint density at radius 2 is 1.91 bits per heavy atom. The number of carboxylic acid groups (broad SMARTS) is 1. The highest BCUT2D eigenvalue weighted by Gasteiger charge is 2.43. The molecule has 120 valence electrons. The largest absolute Gasteiger partial charge is 0.481 e. The number of likely N-dealkylation sites (tertiary alicyclic amines) is 1. The first-order valence-corrected chi connectivity index (χ1v) is 9.04. The summed E-state index contributed by atoms with van der Waals surface area (Å²) in [7, 11) is 2.17. The smallest absolute Gasteiger partial charge is 0.314 e. The maximum Gasteiger partial charge on any atom is 0.314 e. The van der Waals surface area contributed by atoms with Crippen LogP contribution < -0.4 is 0 Å². The lowest BCUT2D eigenvalue weighted by atomic mass is 9.78. The molecular formula is C18H24BrNO2. The van der Waals surface area contributed by atoms with Crippen molar-refractivity contribution in [1.29, 1.82) is 0 Å². The minimum atomic E-state index is -0.663. The summed E-state index contributed by atoms with van der Waals surface area (Å²) in [5.74, 6) is -0.0760. The first kappa shape index (κ1) is 16.0. The monoisotopic (exact) mass is 365 g/mol. The van der Waals surface area contributed by atoms with Crippen LogP contribution in [0.2, 0.25) is 0 Å². The molecule has 0 amide bonds. The molecule has 1 aliphatic carbocycles. The van der Waals surface area contributed by atoms with Crippen LogP contribution >= 0.6 is 15.9 Å². The molecule has 0 bridgehead atoms. The predicted octanol–water partition coefficient (Wildman–Crippen LogP) is 4.15. The zero-order chi connectivity index (χ0) is 15.7. The molecule has 0 radical (unpaired) electrons. The Kier molecular flexibility index (Phi) is 4.60. The average molecular weight is 366 g/mol. The van der Waals surface area contributed by atoms with Crippen molar-refractivity contribution in [3.05, 3.63) is 33.8 Å². The number of aliphatic carboxylic acids is 1. The maximum absolute atomic E-state index is 11.8. The molecule has 1 aromatic rings. The molecule has 22 heavy (non-hydrogen) atoms. The number of rotatable bonds is 3. The van der Waals surface area contributed by atoms with Crippen LogP contribution in [-0.4, -0.2) is 36.1 Å². The summed E-state index contributed by atoms with van der Waals surface area (Å²) in [4.78, 5) is 14.2. The highest BCUT2D eigenvalue weighted by molar-refractivity contribution is 9.10. The summed E-state index contributed by atoms with van der Waals surface area (Å²) in [6, 6.07) is 6.31. The third-order valence-electron chi connectivity index (χ3n) is 5.58. The average Bonchev–Trinajstić information content (AvgIpc) is 2.99. The van der Waals surface area contributed by atoms with Crippen LogP contribution in [0.15, 0.2) is 22.7 Å². The van der Waals surface area contributed by atoms with Crippen LogP contribution in [0.4, 0.5) is 0 Å². The number of piperidine rings is 1. The van der Waals surface area contributed by atoms with E-state index in [2.05, 4.69) is 46.1 Å². The summed E-state index contributed by atoms with van der Waals surface area (Å²) in [6.45, 7) is 2.27. The lowest BCUT2D eigenvalue weighted by molar-refractivity contribution is -0.143. The molecule has 3 nitrogen and oxygen atoms in total. The standard InChI is InChI=1S/C18H24BrNO2/c1-20-10-6-13(7-11-20)15-5-4-14(12-16(15)19)18(17(21)22)8-2-3-9-18/h4-5,12-13H,2-3,6-11H2,1H3,(H,21,22). The third kappa shape index (κ3) is 2.83. The number of hydrogen-bond donors (Lipinski definition) is 1. The van der Waals surface area contributed by atoms with E-state index in [9.17, 15) is 9.90 Å². The molecule has 1 aromatic carbocycles. The van der Waals surface area contributed by atoms with E-state index < -0.39 is 11.4 Å². The van der Waals surface area contributed by atoms with E-state index in [0.29, 0.717) is 5.92 Å². The fourth-order valence-corrected chi connectivity index (χ4v) is 4.78. The van der Waals surface area contributed by atoms with E-state index in [0.717, 1.165) is 48.8 Å². The number of carbonyl (C=O) groups is 1. The molecule has 1 saturated carbocycles. The van der Waals surface area contributed by atoms with Gasteiger partial charge in [0.1, 0.15) is 0 Å². The Morgan fingerprint density at radius 1 is 1.27 bits per heavy atom. The van der Waals surface area contributed by atoms with Gasteiger partial charge in [0.15, 0.2) is 0 Å². The van der Waals surface area contributed by atoms with Crippen molar-refractivity contribution in [2.75, 3.05) is 20.1 Å². The van der Waals surface area contributed by atoms with Crippen molar-refractivity contribution in [3.8, 4) is 0 Å². The van der Waals surface area contributed by atoms with Crippen molar-refractivity contribution in [2.24, 2.45) is 0 Å². The quantitative estimate of drug-likeness (QED) is 0.874. The summed E-state index contributed by atoms with van der Waals surface area (Å²) in [5.41, 5.74) is 1.66. The Hall–Kier alpha value is -0.870. The molecule has 0 unspecified atom stereocenters. The van der Waals surface area contributed by atoms with Crippen LogP contribution in [0.5, 0.6) is 0 Å². The van der Waals surface area contributed by atoms with Crippen LogP contribution in [0, 0.1) is 0 Å². The van der Waals surface area contributed by atoms with Gasteiger partial charge in [-0.05, 0) is 68.9 Å². The second kappa shape index (κ2) is 6.32. The third-order valence-corrected chi connectivity index (χ3v) is 6.26. The van der Waals surface area contributed by atoms with Gasteiger partial charge in [0.25, 0.3) is 0 Å². The fraction of sp³-hybridized carbons (Fsp3) is 0.611. The van der Waals surface area contributed by atoms with Crippen molar-refractivity contribution in [1.82, 2.24) is 4.90 Å². The van der Waals surface area contributed by atoms with Crippen LogP contribution in [0.25, 0.3) is 0 Å². The molecule has 4 heteroatoms. The van der Waals surface area contributed by atoms with Gasteiger partial charge in [0.2, 0.25) is 0 Å². The molecule has 1 saturated heterocycles. The SMILES string of the molecule is CN1CCC(c2ccc(C3(C(=O)O)CCCC3)cc2Br)CC1. The summed E-state index contributed by atoms with van der Waals surface area (Å²) < 4.78 is 1.09. The van der Waals surface area contributed by atoms with E-state index in [1.165, 1.54) is 18.4 Å². The normalized spacial score (nSPS) is 22.8. The molecule has 2 aliphatic rings. The minimum Gasteiger partial charge on any atom is -0.481 e. The summed E-state index contributed by atoms with van der Waals surface area (Å²) >= 11 is 3.71. The number of nitrogens with zero attached hydrogens (tertiary/aromatic N) is 1. The summed E-state index contributed by atoms with van der Waals surface area (Å²) in [5, 5.41) is 9.73. The fourth-order valence-electron chi connectivity index (χ4n) is 4.08. The van der Waals surface area contributed by atoms with Gasteiger partial charge < -0.3 is 10.0 Å². The van der Waals surface area contributed by atoms with Crippen LogP contribution in [0.1, 0.15) is 55.6 Å². The van der Waals surface area contributed by atoms with E-state index >= 15 is 0 Å². The molecule has 1 heterocycles. The van der Waals surface area contributed by atoms with Gasteiger partial charge in [-0.25, -0.2) is 0 Å². The van der Waals surface area contributed by atoms with Gasteiger partial charge in [-0.2, -0.15) is 0 Å². The Labute approximate surface area is 140 Å². The molecule has 1 N–H and O–H groups in total. The van der Waals surface area contributed by atoms with E-state index in [-0.39, 0.29) is 0 Å². The summed E-state index contributed by atoms with van der Waals surface area (Å²) in [6.07, 6.45) is 5.92. The second-order valence-electron chi connectivity index (χ2n) is 6.91. The first-order chi connectivity index (χ1) is 10.5. The number of hydrogen-bond acceptors (Lipinski definition) is 2. The Morgan fingerprint density at radius 3 is 2.45 bits per heavy atom. The molecular weight excluding hydrogens is 342 g/mol. The van der Waals surface area contributed by atoms with Crippen molar-refractivity contribution < 1.29 is 9.90 Å². The molecule has 0 atom stereocenters. The van der Waals surface area contributed by atoms with Crippen LogP contribution in [0.3, 0.4) is 0 Å². The van der Waals surface area contributed by atoms with Gasteiger partial charge in [-0.1, -0.05) is 40.9 Å². The van der Waals surface area contributed by atoms with Crippen molar-refractivity contribution in [3.63, 3.8) is 0 Å². The van der Waals surface area contributed by atoms with Gasteiger partial charge in [-0.3, -0.25) is 4.79 Å². The zero-order valence-electron chi connectivity index (χ0n) is 13.1. The van der Waals surface area contributed by atoms with E-state index in [1.54, 1.807) is 0 Å². The minimum absolute atomic E-state index is 0.587. The second-order valence-corrected chi connectivity index (χ2v) is 7.76. The molecule has 1 aliphatic heterocycles. The van der Waals surface area contributed by atoms with E-state index in [1.807, 2.05) is 0 Å². The number of benzene rings is 1. The van der Waals surface area contributed by atoms with Gasteiger partial charge in [0.05, 0.1) is 5.41 Å². The topological polar surface area (TPSA) is 40.5 Å². The van der Waals surface area contributed by atoms with Gasteiger partial charge in [0, 0.05) is 4.47 Å². The molecule has 0 spiro atoms. The lowest BCUT2D eigenvalue weighted by Gasteiger charge is -2.31. The maximum atomic E-state index is 11.8. The zero-order valence-corrected chi connectivity index (χ0v) is 14.7. The lowest BCUT2D eigenvalue weighted by Crippen LogP contribution is -2.33. The highest BCUT2D eigenvalue weighted by Crippen LogP contribution is 2.43. The number of carboxylic acids is 1. The molecule has 2 fully saturated rings. The Balaban J connectivity index is 1.87. The predicted molar refractivity (Wildman–Crippen MR) is 91.4 cm³/mol. The Bertz CT molecular complexity index is 558. The highest BCUT2D eigenvalue weighted by atomic mass is 79.9. The van der Waals surface area contributed by atoms with Crippen molar-refractivity contribution >= 4 is 21.9 Å². The first-order valence-electron chi connectivity index (χ1n) is 8.25.